The first-order chi connectivity index (χ1) is 16.2. The molecule has 0 saturated carbocycles. The van der Waals surface area contributed by atoms with Crippen LogP contribution < -0.4 is 10.7 Å². The second-order valence-corrected chi connectivity index (χ2v) is 8.61. The van der Waals surface area contributed by atoms with Gasteiger partial charge < -0.3 is 5.32 Å². The fourth-order valence-corrected chi connectivity index (χ4v) is 3.98. The first-order valence-electron chi connectivity index (χ1n) is 11.0. The van der Waals surface area contributed by atoms with Gasteiger partial charge in [-0.15, -0.1) is 0 Å². The standard InChI is InChI=1S/C27H25BrN4O/c28-21-12-8-13-22(17-21)32-30-19-23-18-25(24-14-4-5-15-26(24)31-23)27(33)29-16-7-6-11-20-9-2-1-3-10-20/h1-5,8-10,12-15,17-19,32H,6-7,11,16H2,(H,29,33)/b30-19+. The maximum atomic E-state index is 13.0. The number of unbranched alkanes of at least 4 members (excludes halogenated alkanes) is 1. The Bertz CT molecular complexity index is 1260. The van der Waals surface area contributed by atoms with Crippen molar-refractivity contribution in [1.82, 2.24) is 10.3 Å². The zero-order valence-corrected chi connectivity index (χ0v) is 19.8. The van der Waals surface area contributed by atoms with E-state index in [4.69, 9.17) is 0 Å². The molecule has 1 heterocycles. The lowest BCUT2D eigenvalue weighted by atomic mass is 10.1. The van der Waals surface area contributed by atoms with E-state index in [1.165, 1.54) is 5.56 Å². The van der Waals surface area contributed by atoms with Gasteiger partial charge in [-0.2, -0.15) is 5.10 Å². The van der Waals surface area contributed by atoms with Crippen LogP contribution in [0.4, 0.5) is 5.69 Å². The maximum Gasteiger partial charge on any atom is 0.252 e. The number of amides is 1. The van der Waals surface area contributed by atoms with Crippen molar-refractivity contribution in [2.24, 2.45) is 5.10 Å². The molecule has 2 N–H and O–H groups in total. The van der Waals surface area contributed by atoms with Gasteiger partial charge in [-0.1, -0.05) is 70.5 Å². The first kappa shape index (κ1) is 22.7. The average molecular weight is 501 g/mol. The summed E-state index contributed by atoms with van der Waals surface area (Å²) in [4.78, 5) is 17.6. The Morgan fingerprint density at radius 2 is 1.76 bits per heavy atom. The largest absolute Gasteiger partial charge is 0.352 e. The van der Waals surface area contributed by atoms with Gasteiger partial charge in [-0.05, 0) is 55.2 Å². The van der Waals surface area contributed by atoms with Gasteiger partial charge in [0.1, 0.15) is 0 Å². The Morgan fingerprint density at radius 3 is 2.61 bits per heavy atom. The molecule has 33 heavy (non-hydrogen) atoms. The number of fused-ring (bicyclic) bond motifs is 1. The third-order valence-electron chi connectivity index (χ3n) is 5.22. The molecule has 4 aromatic rings. The lowest BCUT2D eigenvalue weighted by Gasteiger charge is -2.09. The van der Waals surface area contributed by atoms with E-state index in [0.29, 0.717) is 17.8 Å². The molecule has 4 rings (SSSR count). The number of carbonyl (C=O) groups is 1. The molecule has 1 aromatic heterocycles. The van der Waals surface area contributed by atoms with Crippen molar-refractivity contribution in [3.63, 3.8) is 0 Å². The van der Waals surface area contributed by atoms with Crippen LogP contribution >= 0.6 is 15.9 Å². The summed E-state index contributed by atoms with van der Waals surface area (Å²) < 4.78 is 0.967. The molecule has 0 spiro atoms. The normalized spacial score (nSPS) is 11.1. The molecule has 0 aliphatic heterocycles. The van der Waals surface area contributed by atoms with Crippen molar-refractivity contribution in [2.75, 3.05) is 12.0 Å². The molecule has 166 valence electrons. The summed E-state index contributed by atoms with van der Waals surface area (Å²) in [5, 5.41) is 8.18. The molecule has 0 bridgehead atoms. The van der Waals surface area contributed by atoms with Crippen LogP contribution in [0.2, 0.25) is 0 Å². The van der Waals surface area contributed by atoms with Crippen molar-refractivity contribution in [3.8, 4) is 0 Å². The molecule has 0 radical (unpaired) electrons. The molecule has 0 aliphatic carbocycles. The van der Waals surface area contributed by atoms with Crippen LogP contribution in [0.1, 0.15) is 34.5 Å². The van der Waals surface area contributed by atoms with Crippen LogP contribution in [0.5, 0.6) is 0 Å². The van der Waals surface area contributed by atoms with Gasteiger partial charge >= 0.3 is 0 Å². The molecule has 3 aromatic carbocycles. The Hall–Kier alpha value is -3.51. The SMILES string of the molecule is O=C(NCCCCc1ccccc1)c1cc(/C=N/Nc2cccc(Br)c2)nc2ccccc12. The zero-order valence-electron chi connectivity index (χ0n) is 18.2. The number of hydrazone groups is 1. The van der Waals surface area contributed by atoms with E-state index < -0.39 is 0 Å². The number of hydrogen-bond acceptors (Lipinski definition) is 4. The second kappa shape index (κ2) is 11.4. The minimum Gasteiger partial charge on any atom is -0.352 e. The highest BCUT2D eigenvalue weighted by molar-refractivity contribution is 9.10. The number of aromatic nitrogens is 1. The van der Waals surface area contributed by atoms with Crippen molar-refractivity contribution < 1.29 is 4.79 Å². The highest BCUT2D eigenvalue weighted by Crippen LogP contribution is 2.19. The summed E-state index contributed by atoms with van der Waals surface area (Å²) in [5.74, 6) is -0.0945. The highest BCUT2D eigenvalue weighted by atomic mass is 79.9. The highest BCUT2D eigenvalue weighted by Gasteiger charge is 2.12. The van der Waals surface area contributed by atoms with Crippen LogP contribution in [-0.2, 0) is 6.42 Å². The van der Waals surface area contributed by atoms with Crippen molar-refractivity contribution in [2.45, 2.75) is 19.3 Å². The summed E-state index contributed by atoms with van der Waals surface area (Å²) in [6.07, 6.45) is 4.60. The molecular weight excluding hydrogens is 476 g/mol. The molecule has 0 atom stereocenters. The van der Waals surface area contributed by atoms with Gasteiger partial charge in [0.2, 0.25) is 0 Å². The number of halogens is 1. The van der Waals surface area contributed by atoms with Crippen LogP contribution in [-0.4, -0.2) is 23.7 Å². The van der Waals surface area contributed by atoms with Gasteiger partial charge in [0.15, 0.2) is 0 Å². The first-order valence-corrected chi connectivity index (χ1v) is 11.7. The number of nitrogens with zero attached hydrogens (tertiary/aromatic N) is 2. The molecule has 1 amide bonds. The third-order valence-corrected chi connectivity index (χ3v) is 5.71. The molecule has 6 heteroatoms. The van der Waals surface area contributed by atoms with Crippen LogP contribution in [0, 0.1) is 0 Å². The summed E-state index contributed by atoms with van der Waals surface area (Å²) in [6.45, 7) is 0.635. The second-order valence-electron chi connectivity index (χ2n) is 7.69. The monoisotopic (exact) mass is 500 g/mol. The Balaban J connectivity index is 1.41. The van der Waals surface area contributed by atoms with Crippen molar-refractivity contribution >= 4 is 44.6 Å². The van der Waals surface area contributed by atoms with E-state index in [1.54, 1.807) is 12.3 Å². The van der Waals surface area contributed by atoms with Gasteiger partial charge in [-0.25, -0.2) is 4.98 Å². The molecule has 5 nitrogen and oxygen atoms in total. The van der Waals surface area contributed by atoms with Crippen LogP contribution in [0.15, 0.2) is 94.5 Å². The van der Waals surface area contributed by atoms with E-state index in [1.807, 2.05) is 54.6 Å². The third kappa shape index (κ3) is 6.49. The van der Waals surface area contributed by atoms with Crippen molar-refractivity contribution in [3.05, 3.63) is 106 Å². The number of para-hydroxylation sites is 1. The van der Waals surface area contributed by atoms with Crippen LogP contribution in [0.3, 0.4) is 0 Å². The van der Waals surface area contributed by atoms with E-state index in [0.717, 1.165) is 40.3 Å². The number of nitrogens with one attached hydrogen (secondary N) is 2. The maximum absolute atomic E-state index is 13.0. The lowest BCUT2D eigenvalue weighted by Crippen LogP contribution is -2.25. The molecule has 0 fully saturated rings. The number of benzene rings is 3. The summed E-state index contributed by atoms with van der Waals surface area (Å²) in [6, 6.07) is 27.6. The lowest BCUT2D eigenvalue weighted by molar-refractivity contribution is 0.0954. The Kier molecular flexibility index (Phi) is 7.82. The minimum atomic E-state index is -0.0945. The molecule has 0 unspecified atom stereocenters. The Morgan fingerprint density at radius 1 is 0.939 bits per heavy atom. The number of rotatable bonds is 9. The van der Waals surface area contributed by atoms with E-state index in [2.05, 4.69) is 61.0 Å². The van der Waals surface area contributed by atoms with Gasteiger partial charge in [-0.3, -0.25) is 10.2 Å². The van der Waals surface area contributed by atoms with E-state index in [-0.39, 0.29) is 5.91 Å². The minimum absolute atomic E-state index is 0.0945. The van der Waals surface area contributed by atoms with E-state index >= 15 is 0 Å². The topological polar surface area (TPSA) is 66.4 Å². The Labute approximate surface area is 202 Å². The molecule has 0 aliphatic rings. The quantitative estimate of drug-likeness (QED) is 0.163. The molecule has 0 saturated heterocycles. The van der Waals surface area contributed by atoms with Crippen LogP contribution in [0.25, 0.3) is 10.9 Å². The fourth-order valence-electron chi connectivity index (χ4n) is 3.58. The number of anilines is 1. The predicted octanol–water partition coefficient (Wildman–Crippen LogP) is 6.20. The number of pyridine rings is 1. The van der Waals surface area contributed by atoms with Gasteiger partial charge in [0, 0.05) is 16.4 Å². The average Bonchev–Trinajstić information content (AvgIpc) is 2.84. The van der Waals surface area contributed by atoms with E-state index in [9.17, 15) is 4.79 Å². The van der Waals surface area contributed by atoms with Gasteiger partial charge in [0.05, 0.1) is 28.7 Å². The summed E-state index contributed by atoms with van der Waals surface area (Å²) in [5.41, 5.74) is 7.15. The fraction of sp³-hybridized carbons (Fsp3) is 0.148. The number of carbonyl (C=O) groups excluding carboxylic acids is 1. The smallest absolute Gasteiger partial charge is 0.252 e. The zero-order chi connectivity index (χ0) is 22.9. The predicted molar refractivity (Wildman–Crippen MR) is 139 cm³/mol. The van der Waals surface area contributed by atoms with Crippen molar-refractivity contribution in [1.29, 1.82) is 0 Å². The molecular formula is C27H25BrN4O. The number of hydrogen-bond donors (Lipinski definition) is 2. The van der Waals surface area contributed by atoms with Gasteiger partial charge in [0.25, 0.3) is 5.91 Å². The number of aryl methyl sites for hydroxylation is 1. The summed E-state index contributed by atoms with van der Waals surface area (Å²) >= 11 is 3.45. The summed E-state index contributed by atoms with van der Waals surface area (Å²) in [7, 11) is 0.